The Balaban J connectivity index is 2.02. The van der Waals surface area contributed by atoms with Crippen molar-refractivity contribution in [3.8, 4) is 17.2 Å². The number of amides is 1. The summed E-state index contributed by atoms with van der Waals surface area (Å²) in [6.45, 7) is 0. The van der Waals surface area contributed by atoms with E-state index in [1.165, 1.54) is 21.3 Å². The third-order valence-corrected chi connectivity index (χ3v) is 4.84. The summed E-state index contributed by atoms with van der Waals surface area (Å²) < 4.78 is 27.9. The molecule has 2 aromatic carbocycles. The molecule has 1 amide bonds. The fraction of sp³-hybridized carbons (Fsp3) is 0.278. The van der Waals surface area contributed by atoms with E-state index in [9.17, 15) is 9.00 Å². The molecule has 0 saturated carbocycles. The summed E-state index contributed by atoms with van der Waals surface area (Å²) in [5, 5.41) is 2.76. The van der Waals surface area contributed by atoms with Crippen LogP contribution < -0.4 is 19.5 Å². The average Bonchev–Trinajstić information content (AvgIpc) is 2.65. The van der Waals surface area contributed by atoms with Gasteiger partial charge in [-0.3, -0.25) is 9.00 Å². The van der Waals surface area contributed by atoms with Crippen LogP contribution in [-0.2, 0) is 15.6 Å². The van der Waals surface area contributed by atoms with Gasteiger partial charge in [-0.05, 0) is 12.1 Å². The van der Waals surface area contributed by atoms with Crippen LogP contribution in [0.5, 0.6) is 17.2 Å². The molecular weight excluding hydrogens is 342 g/mol. The number of anilines is 1. The molecule has 0 radical (unpaired) electrons. The van der Waals surface area contributed by atoms with Gasteiger partial charge in [-0.15, -0.1) is 0 Å². The summed E-state index contributed by atoms with van der Waals surface area (Å²) in [4.78, 5) is 12.9. The summed E-state index contributed by atoms with van der Waals surface area (Å²) in [6, 6.07) is 12.4. The summed E-state index contributed by atoms with van der Waals surface area (Å²) >= 11 is 0. The summed E-state index contributed by atoms with van der Waals surface area (Å²) in [5.74, 6) is 1.36. The standard InChI is InChI=1S/C18H21NO5S/c1-22-15-11-13(12-16(23-2)18(15)24-3)19-17(20)9-10-25(21)14-7-5-4-6-8-14/h4-8,11-12H,9-10H2,1-3H3,(H,19,20). The minimum absolute atomic E-state index is 0.137. The van der Waals surface area contributed by atoms with E-state index >= 15 is 0 Å². The molecule has 1 unspecified atom stereocenters. The zero-order valence-electron chi connectivity index (χ0n) is 14.4. The van der Waals surface area contributed by atoms with E-state index in [1.807, 2.05) is 18.2 Å². The van der Waals surface area contributed by atoms with Gasteiger partial charge in [0, 0.05) is 34.9 Å². The lowest BCUT2D eigenvalue weighted by atomic mass is 10.2. The molecule has 0 fully saturated rings. The Labute approximate surface area is 149 Å². The molecule has 0 aliphatic carbocycles. The van der Waals surface area contributed by atoms with E-state index in [-0.39, 0.29) is 18.1 Å². The molecule has 1 atom stereocenters. The van der Waals surface area contributed by atoms with Crippen molar-refractivity contribution in [2.75, 3.05) is 32.4 Å². The smallest absolute Gasteiger partial charge is 0.225 e. The molecule has 0 aliphatic heterocycles. The second-order valence-corrected chi connectivity index (χ2v) is 6.65. The number of carbonyl (C=O) groups excluding carboxylic acids is 1. The molecule has 0 heterocycles. The molecule has 25 heavy (non-hydrogen) atoms. The Hall–Kier alpha value is -2.54. The monoisotopic (exact) mass is 363 g/mol. The number of hydrogen-bond acceptors (Lipinski definition) is 5. The van der Waals surface area contributed by atoms with Crippen molar-refractivity contribution < 1.29 is 23.2 Å². The maximum Gasteiger partial charge on any atom is 0.225 e. The van der Waals surface area contributed by atoms with E-state index in [0.717, 1.165) is 0 Å². The number of methoxy groups -OCH3 is 3. The van der Waals surface area contributed by atoms with E-state index in [1.54, 1.807) is 24.3 Å². The number of benzene rings is 2. The Morgan fingerprint density at radius 2 is 1.60 bits per heavy atom. The molecule has 0 spiro atoms. The van der Waals surface area contributed by atoms with Crippen molar-refractivity contribution in [1.82, 2.24) is 0 Å². The van der Waals surface area contributed by atoms with Crippen LogP contribution in [0.1, 0.15) is 6.42 Å². The molecule has 6 nitrogen and oxygen atoms in total. The van der Waals surface area contributed by atoms with E-state index in [4.69, 9.17) is 14.2 Å². The fourth-order valence-electron chi connectivity index (χ4n) is 2.25. The molecule has 0 bridgehead atoms. The van der Waals surface area contributed by atoms with Gasteiger partial charge in [-0.2, -0.15) is 0 Å². The third-order valence-electron chi connectivity index (χ3n) is 3.47. The molecule has 0 aliphatic rings. The fourth-order valence-corrected chi connectivity index (χ4v) is 3.32. The van der Waals surface area contributed by atoms with Crippen LogP contribution in [-0.4, -0.2) is 37.2 Å². The quantitative estimate of drug-likeness (QED) is 0.781. The number of carbonyl (C=O) groups is 1. The lowest BCUT2D eigenvalue weighted by Crippen LogP contribution is -2.15. The highest BCUT2D eigenvalue weighted by atomic mass is 32.2. The van der Waals surface area contributed by atoms with Crippen LogP contribution in [0.2, 0.25) is 0 Å². The summed E-state index contributed by atoms with van der Waals surface area (Å²) in [5.41, 5.74) is 0.519. The highest BCUT2D eigenvalue weighted by molar-refractivity contribution is 7.85. The van der Waals surface area contributed by atoms with Crippen LogP contribution in [0.25, 0.3) is 0 Å². The molecule has 2 aromatic rings. The van der Waals surface area contributed by atoms with Crippen molar-refractivity contribution in [2.24, 2.45) is 0 Å². The topological polar surface area (TPSA) is 73.9 Å². The molecule has 0 aromatic heterocycles. The van der Waals surface area contributed by atoms with Crippen LogP contribution in [0, 0.1) is 0 Å². The minimum Gasteiger partial charge on any atom is -0.493 e. The van der Waals surface area contributed by atoms with E-state index in [2.05, 4.69) is 5.32 Å². The highest BCUT2D eigenvalue weighted by Gasteiger charge is 2.15. The molecular formula is C18H21NO5S. The van der Waals surface area contributed by atoms with Gasteiger partial charge in [0.1, 0.15) is 0 Å². The van der Waals surface area contributed by atoms with Crippen LogP contribution in [0.4, 0.5) is 5.69 Å². The van der Waals surface area contributed by atoms with Crippen LogP contribution in [0.3, 0.4) is 0 Å². The Morgan fingerprint density at radius 3 is 2.12 bits per heavy atom. The van der Waals surface area contributed by atoms with Crippen LogP contribution in [0.15, 0.2) is 47.4 Å². The van der Waals surface area contributed by atoms with Gasteiger partial charge in [0.05, 0.1) is 32.1 Å². The first-order valence-electron chi connectivity index (χ1n) is 7.62. The summed E-state index contributed by atoms with van der Waals surface area (Å²) in [7, 11) is 3.31. The number of hydrogen-bond donors (Lipinski definition) is 1. The largest absolute Gasteiger partial charge is 0.493 e. The number of nitrogens with one attached hydrogen (secondary N) is 1. The van der Waals surface area contributed by atoms with Gasteiger partial charge >= 0.3 is 0 Å². The highest BCUT2D eigenvalue weighted by Crippen LogP contribution is 2.39. The predicted octanol–water partition coefficient (Wildman–Crippen LogP) is 2.85. The minimum atomic E-state index is -1.21. The Kier molecular flexibility index (Phi) is 6.82. The normalized spacial score (nSPS) is 11.5. The maximum absolute atomic E-state index is 12.2. The first-order valence-corrected chi connectivity index (χ1v) is 8.94. The second kappa shape index (κ2) is 9.08. The third kappa shape index (κ3) is 4.96. The Bertz CT molecular complexity index is 723. The number of ether oxygens (including phenoxy) is 3. The zero-order chi connectivity index (χ0) is 18.2. The Morgan fingerprint density at radius 1 is 1.00 bits per heavy atom. The van der Waals surface area contributed by atoms with E-state index in [0.29, 0.717) is 27.8 Å². The van der Waals surface area contributed by atoms with Crippen molar-refractivity contribution in [3.05, 3.63) is 42.5 Å². The SMILES string of the molecule is COc1cc(NC(=O)CCS(=O)c2ccccc2)cc(OC)c1OC. The molecule has 134 valence electrons. The van der Waals surface area contributed by atoms with Crippen LogP contribution >= 0.6 is 0 Å². The van der Waals surface area contributed by atoms with E-state index < -0.39 is 10.8 Å². The van der Waals surface area contributed by atoms with Crippen molar-refractivity contribution >= 4 is 22.4 Å². The predicted molar refractivity (Wildman–Crippen MR) is 97.1 cm³/mol. The molecule has 2 rings (SSSR count). The van der Waals surface area contributed by atoms with Gasteiger partial charge in [-0.1, -0.05) is 18.2 Å². The first kappa shape index (κ1) is 18.8. The lowest BCUT2D eigenvalue weighted by Gasteiger charge is -2.14. The lowest BCUT2D eigenvalue weighted by molar-refractivity contribution is -0.115. The molecule has 0 saturated heterocycles. The van der Waals surface area contributed by atoms with Crippen molar-refractivity contribution in [1.29, 1.82) is 0 Å². The van der Waals surface area contributed by atoms with Crippen molar-refractivity contribution in [2.45, 2.75) is 11.3 Å². The molecule has 7 heteroatoms. The van der Waals surface area contributed by atoms with Gasteiger partial charge in [0.25, 0.3) is 0 Å². The average molecular weight is 363 g/mol. The maximum atomic E-state index is 12.2. The van der Waals surface area contributed by atoms with Gasteiger partial charge in [-0.25, -0.2) is 0 Å². The number of rotatable bonds is 8. The zero-order valence-corrected chi connectivity index (χ0v) is 15.2. The van der Waals surface area contributed by atoms with Gasteiger partial charge in [0.15, 0.2) is 11.5 Å². The summed E-state index contributed by atoms with van der Waals surface area (Å²) in [6.07, 6.45) is 0.137. The van der Waals surface area contributed by atoms with Gasteiger partial charge in [0.2, 0.25) is 11.7 Å². The second-order valence-electron chi connectivity index (χ2n) is 5.07. The van der Waals surface area contributed by atoms with Crippen molar-refractivity contribution in [3.63, 3.8) is 0 Å². The first-order chi connectivity index (χ1) is 12.1. The molecule has 1 N–H and O–H groups in total. The van der Waals surface area contributed by atoms with Gasteiger partial charge < -0.3 is 19.5 Å².